The summed E-state index contributed by atoms with van der Waals surface area (Å²) in [4.78, 5) is 2.41. The largest absolute Gasteiger partial charge is 0.313 e. The fourth-order valence-electron chi connectivity index (χ4n) is 8.19. The first kappa shape index (κ1) is 30.6. The summed E-state index contributed by atoms with van der Waals surface area (Å²) in [7, 11) is 0. The molecule has 0 radical (unpaired) electrons. The van der Waals surface area contributed by atoms with Gasteiger partial charge in [0, 0.05) is 59.6 Å². The number of benzene rings is 7. The van der Waals surface area contributed by atoms with Crippen molar-refractivity contribution in [2.45, 2.75) is 19.8 Å². The summed E-state index contributed by atoms with van der Waals surface area (Å²) in [5.74, 6) is 0.310. The lowest BCUT2D eigenvalue weighted by Crippen LogP contribution is -2.12. The van der Waals surface area contributed by atoms with E-state index in [2.05, 4.69) is 199 Å². The van der Waals surface area contributed by atoms with Crippen LogP contribution in [0.15, 0.2) is 182 Å². The molecule has 0 aliphatic carbocycles. The van der Waals surface area contributed by atoms with Crippen molar-refractivity contribution in [2.75, 3.05) is 4.90 Å². The number of aromatic nitrogens is 1. The Bertz CT molecular complexity index is 2850. The highest BCUT2D eigenvalue weighted by Crippen LogP contribution is 2.48. The molecule has 3 heteroatoms. The van der Waals surface area contributed by atoms with E-state index in [-0.39, 0.29) is 0 Å². The number of anilines is 2. The lowest BCUT2D eigenvalue weighted by molar-refractivity contribution is 0.921. The van der Waals surface area contributed by atoms with Crippen molar-refractivity contribution in [3.8, 4) is 16.8 Å². The molecule has 0 saturated heterocycles. The molecule has 1 unspecified atom stereocenters. The maximum atomic E-state index is 2.41. The van der Waals surface area contributed by atoms with Crippen LogP contribution in [0, 0.1) is 0 Å². The minimum absolute atomic E-state index is 0.310. The van der Waals surface area contributed by atoms with Gasteiger partial charge in [0.25, 0.3) is 0 Å². The Kier molecular flexibility index (Phi) is 7.23. The topological polar surface area (TPSA) is 8.17 Å². The van der Waals surface area contributed by atoms with Gasteiger partial charge in [-0.1, -0.05) is 122 Å². The predicted octanol–water partition coefficient (Wildman–Crippen LogP) is 14.1. The normalized spacial score (nSPS) is 15.4. The third-order valence-electron chi connectivity index (χ3n) is 10.8. The van der Waals surface area contributed by atoms with Gasteiger partial charge < -0.3 is 9.47 Å². The van der Waals surface area contributed by atoms with Crippen LogP contribution in [0.5, 0.6) is 0 Å². The predicted molar refractivity (Wildman–Crippen MR) is 224 cm³/mol. The van der Waals surface area contributed by atoms with E-state index in [0.29, 0.717) is 5.92 Å². The van der Waals surface area contributed by atoms with Crippen molar-refractivity contribution >= 4 is 70.3 Å². The van der Waals surface area contributed by atoms with Crippen LogP contribution in [-0.4, -0.2) is 4.57 Å². The van der Waals surface area contributed by atoms with E-state index in [9.17, 15) is 0 Å². The molecule has 0 amide bonds. The van der Waals surface area contributed by atoms with Gasteiger partial charge in [-0.15, -0.1) is 11.3 Å². The molecular formula is C49H36N2S. The van der Waals surface area contributed by atoms with Crippen molar-refractivity contribution in [3.63, 3.8) is 0 Å². The van der Waals surface area contributed by atoms with E-state index in [0.717, 1.165) is 0 Å². The first-order valence-electron chi connectivity index (χ1n) is 18.0. The highest BCUT2D eigenvalue weighted by atomic mass is 32.1. The Morgan fingerprint density at radius 2 is 1.29 bits per heavy atom. The molecule has 0 saturated carbocycles. The molecule has 1 aliphatic rings. The number of allylic oxidation sites excluding steroid dienone is 4. The Hall–Kier alpha value is -6.16. The summed E-state index contributed by atoms with van der Waals surface area (Å²) >= 11 is 1.91. The van der Waals surface area contributed by atoms with Crippen LogP contribution in [0.1, 0.15) is 30.9 Å². The molecule has 0 N–H and O–H groups in total. The third-order valence-corrected chi connectivity index (χ3v) is 12.0. The summed E-state index contributed by atoms with van der Waals surface area (Å²) in [5, 5.41) is 5.27. The number of hydrogen-bond donors (Lipinski definition) is 0. The second kappa shape index (κ2) is 12.3. The minimum atomic E-state index is 0.310. The average Bonchev–Trinajstić information content (AvgIpc) is 3.84. The number of nitrogens with zero attached hydrogens (tertiary/aromatic N) is 2. The lowest BCUT2D eigenvalue weighted by Gasteiger charge is -2.22. The van der Waals surface area contributed by atoms with E-state index in [1.807, 2.05) is 11.3 Å². The van der Waals surface area contributed by atoms with Crippen molar-refractivity contribution < 1.29 is 0 Å². The molecule has 10 rings (SSSR count). The van der Waals surface area contributed by atoms with Crippen molar-refractivity contribution in [1.82, 2.24) is 4.57 Å². The summed E-state index contributed by atoms with van der Waals surface area (Å²) in [6, 6.07) is 59.7. The number of hydrogen-bond acceptors (Lipinski definition) is 2. The molecule has 2 aromatic heterocycles. The van der Waals surface area contributed by atoms with Crippen molar-refractivity contribution in [1.29, 1.82) is 0 Å². The quantitative estimate of drug-likeness (QED) is 0.175. The van der Waals surface area contributed by atoms with E-state index in [1.165, 1.54) is 92.6 Å². The molecule has 0 fully saturated rings. The van der Waals surface area contributed by atoms with Crippen LogP contribution in [-0.2, 0) is 0 Å². The minimum Gasteiger partial charge on any atom is -0.313 e. The van der Waals surface area contributed by atoms with E-state index < -0.39 is 0 Å². The Labute approximate surface area is 307 Å². The molecule has 7 aromatic carbocycles. The number of fused-ring (bicyclic) bond motifs is 8. The zero-order chi connectivity index (χ0) is 34.8. The summed E-state index contributed by atoms with van der Waals surface area (Å²) in [5.41, 5.74) is 13.7. The maximum Gasteiger partial charge on any atom is 0.0555 e. The van der Waals surface area contributed by atoms with Gasteiger partial charge in [-0.2, -0.15) is 0 Å². The average molecular weight is 685 g/mol. The fraction of sp³-hybridized carbons (Fsp3) is 0.0612. The molecule has 2 nitrogen and oxygen atoms in total. The highest BCUT2D eigenvalue weighted by Gasteiger charge is 2.31. The first-order chi connectivity index (χ1) is 25.6. The van der Waals surface area contributed by atoms with Gasteiger partial charge >= 0.3 is 0 Å². The van der Waals surface area contributed by atoms with Gasteiger partial charge in [0.2, 0.25) is 0 Å². The molecule has 1 aliphatic heterocycles. The second-order valence-electron chi connectivity index (χ2n) is 13.8. The molecule has 0 bridgehead atoms. The van der Waals surface area contributed by atoms with Crippen LogP contribution in [0.3, 0.4) is 0 Å². The van der Waals surface area contributed by atoms with Crippen molar-refractivity contribution in [3.05, 3.63) is 193 Å². The van der Waals surface area contributed by atoms with Gasteiger partial charge in [0.05, 0.1) is 11.0 Å². The van der Waals surface area contributed by atoms with Crippen LogP contribution in [0.25, 0.3) is 64.4 Å². The van der Waals surface area contributed by atoms with Gasteiger partial charge in [-0.25, -0.2) is 0 Å². The van der Waals surface area contributed by atoms with Crippen LogP contribution >= 0.6 is 11.3 Å². The van der Waals surface area contributed by atoms with Gasteiger partial charge in [0.1, 0.15) is 0 Å². The molecular weight excluding hydrogens is 649 g/mol. The zero-order valence-electron chi connectivity index (χ0n) is 29.1. The van der Waals surface area contributed by atoms with Crippen molar-refractivity contribution in [2.24, 2.45) is 0 Å². The van der Waals surface area contributed by atoms with Gasteiger partial charge in [-0.3, -0.25) is 0 Å². The van der Waals surface area contributed by atoms with E-state index in [1.54, 1.807) is 0 Å². The number of thiophene rings is 1. The van der Waals surface area contributed by atoms with E-state index in [4.69, 9.17) is 0 Å². The molecule has 0 spiro atoms. The molecule has 248 valence electrons. The summed E-state index contributed by atoms with van der Waals surface area (Å²) in [6.45, 7) is 4.52. The lowest BCUT2D eigenvalue weighted by atomic mass is 9.98. The number of rotatable bonds is 5. The Morgan fingerprint density at radius 3 is 2.10 bits per heavy atom. The smallest absolute Gasteiger partial charge is 0.0555 e. The summed E-state index contributed by atoms with van der Waals surface area (Å²) < 4.78 is 5.08. The van der Waals surface area contributed by atoms with E-state index >= 15 is 0 Å². The monoisotopic (exact) mass is 684 g/mol. The zero-order valence-corrected chi connectivity index (χ0v) is 29.9. The maximum absolute atomic E-state index is 2.41. The Morgan fingerprint density at radius 1 is 0.596 bits per heavy atom. The molecule has 1 atom stereocenters. The third kappa shape index (κ3) is 4.85. The Balaban J connectivity index is 0.999. The summed E-state index contributed by atoms with van der Waals surface area (Å²) in [6.07, 6.45) is 4.59. The fourth-order valence-corrected chi connectivity index (χ4v) is 9.43. The number of para-hydroxylation sites is 4. The SMILES string of the molecule is C/C(=C\C=C1/C(C)c2ccccc2N1c1ccccc1)c1ccc(-c2ccc3sc4c(ccc5c4c4ccccc4n5-c4ccccc4)c3c2)cc1. The molecule has 3 heterocycles. The van der Waals surface area contributed by atoms with Gasteiger partial charge in [0.15, 0.2) is 0 Å². The molecule has 9 aromatic rings. The first-order valence-corrected chi connectivity index (χ1v) is 18.8. The standard InChI is InChI=1S/C49H36N2S/c1-32(21-28-43-33(2)39-17-9-11-19-44(39)50(43)37-13-5-3-6-14-37)34-22-24-35(25-23-34)36-26-30-47-42(31-36)40-27-29-46-48(49(40)52-47)41-18-10-12-20-45(41)51(46)38-15-7-4-8-16-38/h3-31,33H,1-2H3/b32-21+,43-28+. The van der Waals surface area contributed by atoms with Gasteiger partial charge in [-0.05, 0) is 95.4 Å². The molecule has 52 heavy (non-hydrogen) atoms. The van der Waals surface area contributed by atoms with Crippen LogP contribution in [0.2, 0.25) is 0 Å². The van der Waals surface area contributed by atoms with Crippen LogP contribution < -0.4 is 4.90 Å². The second-order valence-corrected chi connectivity index (χ2v) is 14.9. The highest BCUT2D eigenvalue weighted by molar-refractivity contribution is 7.26. The van der Waals surface area contributed by atoms with Crippen LogP contribution in [0.4, 0.5) is 11.4 Å².